The number of halogens is 3. The zero-order valence-corrected chi connectivity index (χ0v) is 16.5. The monoisotopic (exact) mass is 518 g/mol. The number of hydrogen-bond donors (Lipinski definition) is 2. The second kappa shape index (κ2) is 6.78. The fourth-order valence-corrected chi connectivity index (χ4v) is 3.57. The summed E-state index contributed by atoms with van der Waals surface area (Å²) < 4.78 is 10.7. The topological polar surface area (TPSA) is 58.9 Å². The smallest absolute Gasteiger partial charge is 0.188 e. The van der Waals surface area contributed by atoms with Crippen LogP contribution in [0.5, 0.6) is 0 Å². The molecule has 0 radical (unpaired) electrons. The molecule has 0 spiro atoms. The van der Waals surface area contributed by atoms with Crippen molar-refractivity contribution in [2.75, 3.05) is 5.88 Å². The van der Waals surface area contributed by atoms with Crippen LogP contribution in [0.15, 0.2) is 0 Å². The van der Waals surface area contributed by atoms with Crippen molar-refractivity contribution in [3.8, 4) is 0 Å². The predicted molar refractivity (Wildman–Crippen MR) is 92.2 cm³/mol. The van der Waals surface area contributed by atoms with Crippen LogP contribution in [0.1, 0.15) is 27.7 Å². The van der Waals surface area contributed by atoms with E-state index in [1.807, 2.05) is 27.7 Å². The Labute approximate surface area is 146 Å². The Morgan fingerprint density at radius 3 is 2.05 bits per heavy atom. The van der Waals surface area contributed by atoms with Gasteiger partial charge in [-0.15, -0.1) is 11.6 Å². The SMILES string of the molecule is CC(C)(I)OC1OC(CCl)C(C(C)(C)I)C(O)C1O. The van der Waals surface area contributed by atoms with Crippen molar-refractivity contribution in [3.05, 3.63) is 0 Å². The van der Waals surface area contributed by atoms with Gasteiger partial charge in [0.05, 0.1) is 12.2 Å². The Balaban J connectivity index is 2.91. The summed E-state index contributed by atoms with van der Waals surface area (Å²) >= 11 is 10.3. The van der Waals surface area contributed by atoms with Crippen molar-refractivity contribution in [2.24, 2.45) is 5.92 Å². The Bertz CT molecular complexity index is 299. The Morgan fingerprint density at radius 2 is 1.68 bits per heavy atom. The first-order valence-electron chi connectivity index (χ1n) is 6.10. The molecule has 1 aliphatic rings. The van der Waals surface area contributed by atoms with Gasteiger partial charge in [-0.3, -0.25) is 0 Å². The Kier molecular flexibility index (Phi) is 6.66. The van der Waals surface area contributed by atoms with Gasteiger partial charge in [-0.1, -0.05) is 36.4 Å². The highest BCUT2D eigenvalue weighted by Crippen LogP contribution is 2.40. The molecule has 0 aliphatic carbocycles. The van der Waals surface area contributed by atoms with Gasteiger partial charge in [-0.2, -0.15) is 0 Å². The number of aliphatic hydroxyl groups is 2. The minimum Gasteiger partial charge on any atom is -0.390 e. The van der Waals surface area contributed by atoms with Crippen molar-refractivity contribution < 1.29 is 19.7 Å². The highest BCUT2D eigenvalue weighted by molar-refractivity contribution is 14.1. The lowest BCUT2D eigenvalue weighted by Gasteiger charge is -2.47. The molecule has 0 saturated carbocycles. The van der Waals surface area contributed by atoms with Crippen LogP contribution in [-0.2, 0) is 9.47 Å². The molecule has 0 bridgehead atoms. The van der Waals surface area contributed by atoms with Crippen molar-refractivity contribution in [1.82, 2.24) is 0 Å². The molecule has 0 aromatic carbocycles. The third kappa shape index (κ3) is 5.07. The molecule has 0 aromatic rings. The lowest BCUT2D eigenvalue weighted by atomic mass is 9.81. The lowest BCUT2D eigenvalue weighted by Crippen LogP contribution is -2.60. The number of hydrogen-bond acceptors (Lipinski definition) is 4. The zero-order chi connectivity index (χ0) is 15.0. The van der Waals surface area contributed by atoms with Crippen LogP contribution < -0.4 is 0 Å². The van der Waals surface area contributed by atoms with Gasteiger partial charge >= 0.3 is 0 Å². The fourth-order valence-electron chi connectivity index (χ4n) is 2.28. The van der Waals surface area contributed by atoms with Crippen LogP contribution in [0.25, 0.3) is 0 Å². The summed E-state index contributed by atoms with van der Waals surface area (Å²) in [6.07, 6.45) is -3.21. The summed E-state index contributed by atoms with van der Waals surface area (Å²) in [7, 11) is 0. The second-order valence-electron chi connectivity index (χ2n) is 5.75. The summed E-state index contributed by atoms with van der Waals surface area (Å²) in [5.74, 6) is 0.000332. The summed E-state index contributed by atoms with van der Waals surface area (Å²) in [5.41, 5.74) is 0. The molecule has 2 N–H and O–H groups in total. The van der Waals surface area contributed by atoms with E-state index in [0.29, 0.717) is 0 Å². The van der Waals surface area contributed by atoms with Crippen LogP contribution >= 0.6 is 56.8 Å². The largest absolute Gasteiger partial charge is 0.390 e. The molecule has 1 fully saturated rings. The number of rotatable bonds is 4. The van der Waals surface area contributed by atoms with Crippen LogP contribution in [-0.4, -0.2) is 47.7 Å². The number of alkyl halides is 3. The van der Waals surface area contributed by atoms with E-state index in [-0.39, 0.29) is 21.3 Å². The van der Waals surface area contributed by atoms with Crippen LogP contribution in [0.2, 0.25) is 0 Å². The van der Waals surface area contributed by atoms with Gasteiger partial charge in [-0.05, 0) is 36.4 Å². The third-order valence-electron chi connectivity index (χ3n) is 3.05. The van der Waals surface area contributed by atoms with E-state index < -0.39 is 22.1 Å². The maximum absolute atomic E-state index is 10.4. The Morgan fingerprint density at radius 1 is 1.16 bits per heavy atom. The lowest BCUT2D eigenvalue weighted by molar-refractivity contribution is -0.294. The molecule has 7 heteroatoms. The van der Waals surface area contributed by atoms with Gasteiger partial charge in [0.2, 0.25) is 0 Å². The van der Waals surface area contributed by atoms with Gasteiger partial charge in [-0.25, -0.2) is 0 Å². The quantitative estimate of drug-likeness (QED) is 0.444. The van der Waals surface area contributed by atoms with Gasteiger partial charge in [0.25, 0.3) is 0 Å². The summed E-state index contributed by atoms with van der Waals surface area (Å²) in [6.45, 7) is 7.70. The van der Waals surface area contributed by atoms with Crippen LogP contribution in [0.4, 0.5) is 0 Å². The molecule has 0 aromatic heterocycles. The van der Waals surface area contributed by atoms with E-state index in [2.05, 4.69) is 45.2 Å². The highest BCUT2D eigenvalue weighted by atomic mass is 127. The van der Waals surface area contributed by atoms with Gasteiger partial charge in [0.15, 0.2) is 6.29 Å². The normalized spacial score (nSPS) is 37.4. The van der Waals surface area contributed by atoms with E-state index in [9.17, 15) is 10.2 Å². The summed E-state index contributed by atoms with van der Waals surface area (Å²) in [6, 6.07) is 0. The molecule has 1 saturated heterocycles. The van der Waals surface area contributed by atoms with E-state index in [1.165, 1.54) is 0 Å². The number of ether oxygens (including phenoxy) is 2. The van der Waals surface area contributed by atoms with E-state index in [1.54, 1.807) is 0 Å². The minimum atomic E-state index is -1.08. The van der Waals surface area contributed by atoms with E-state index >= 15 is 0 Å². The highest BCUT2D eigenvalue weighted by Gasteiger charge is 2.50. The standard InChI is InChI=1S/C12H21ClI2O4/c1-11(2,14)7-6(5-13)18-10(9(17)8(7)16)19-12(3,4)15/h6-10,16-17H,5H2,1-4H3. The molecule has 1 heterocycles. The predicted octanol–water partition coefficient (Wildman–Crippen LogP) is 2.69. The van der Waals surface area contributed by atoms with Gasteiger partial charge in [0.1, 0.15) is 9.71 Å². The average Bonchev–Trinajstić information content (AvgIpc) is 2.20. The van der Waals surface area contributed by atoms with Crippen LogP contribution in [0, 0.1) is 5.92 Å². The van der Waals surface area contributed by atoms with E-state index in [4.69, 9.17) is 21.1 Å². The first-order chi connectivity index (χ1) is 8.47. The van der Waals surface area contributed by atoms with Crippen molar-refractivity contribution in [2.45, 2.75) is 59.3 Å². The summed E-state index contributed by atoms with van der Waals surface area (Å²) in [5, 5.41) is 20.6. The molecule has 1 rings (SSSR count). The first kappa shape index (κ1) is 18.6. The van der Waals surface area contributed by atoms with Crippen molar-refractivity contribution in [1.29, 1.82) is 0 Å². The molecular weight excluding hydrogens is 497 g/mol. The molecular formula is C12H21ClI2O4. The summed E-state index contributed by atoms with van der Waals surface area (Å²) in [4.78, 5) is 0. The minimum absolute atomic E-state index is 0.247. The van der Waals surface area contributed by atoms with Crippen molar-refractivity contribution >= 4 is 56.8 Å². The average molecular weight is 519 g/mol. The maximum Gasteiger partial charge on any atom is 0.188 e. The fraction of sp³-hybridized carbons (Fsp3) is 1.00. The molecule has 114 valence electrons. The van der Waals surface area contributed by atoms with Gasteiger partial charge < -0.3 is 19.7 Å². The third-order valence-corrected chi connectivity index (χ3v) is 4.32. The van der Waals surface area contributed by atoms with Crippen molar-refractivity contribution in [3.63, 3.8) is 0 Å². The molecule has 19 heavy (non-hydrogen) atoms. The Hall–Kier alpha value is 1.59. The molecule has 5 unspecified atom stereocenters. The number of aliphatic hydroxyl groups excluding tert-OH is 2. The molecule has 1 aliphatic heterocycles. The van der Waals surface area contributed by atoms with Gasteiger partial charge in [0, 0.05) is 15.2 Å². The first-order valence-corrected chi connectivity index (χ1v) is 8.80. The second-order valence-corrected chi connectivity index (χ2v) is 11.4. The maximum atomic E-state index is 10.4. The zero-order valence-electron chi connectivity index (χ0n) is 11.4. The molecule has 4 nitrogen and oxygen atoms in total. The molecule has 5 atom stereocenters. The molecule has 0 amide bonds. The van der Waals surface area contributed by atoms with E-state index in [0.717, 1.165) is 0 Å². The van der Waals surface area contributed by atoms with Crippen LogP contribution in [0.3, 0.4) is 0 Å².